The number of aromatic nitrogens is 2. The third kappa shape index (κ3) is 1.94. The van der Waals surface area contributed by atoms with Crippen molar-refractivity contribution in [3.05, 3.63) is 46.3 Å². The molecule has 0 spiro atoms. The summed E-state index contributed by atoms with van der Waals surface area (Å²) >= 11 is 9.26. The molecule has 0 aliphatic rings. The molecule has 69 valence electrons. The van der Waals surface area contributed by atoms with Gasteiger partial charge in [0.25, 0.3) is 0 Å². The predicted octanol–water partition coefficient (Wildman–Crippen LogP) is 3.36. The molecule has 2 rings (SSSR count). The lowest BCUT2D eigenvalue weighted by atomic mass is 10.2. The van der Waals surface area contributed by atoms with E-state index in [4.69, 9.17) is 11.6 Å². The second-order valence-electron chi connectivity index (χ2n) is 2.63. The second-order valence-corrected chi connectivity index (χ2v) is 3.85. The maximum atomic E-state index is 6.00. The molecule has 2 aromatic rings. The van der Waals surface area contributed by atoms with Crippen LogP contribution in [0.15, 0.2) is 35.2 Å². The monoisotopic (exact) mass is 267 g/mol. The highest BCUT2D eigenvalue weighted by molar-refractivity contribution is 9.10. The molecule has 2 nitrogen and oxygen atoms in total. The van der Waals surface area contributed by atoms with Crippen LogP contribution in [0.1, 0.15) is 0 Å². The van der Waals surface area contributed by atoms with E-state index in [1.165, 1.54) is 0 Å². The first-order valence-electron chi connectivity index (χ1n) is 3.91. The largest absolute Gasteiger partial charge is 0.260 e. The van der Waals surface area contributed by atoms with Gasteiger partial charge in [-0.1, -0.05) is 23.7 Å². The molecule has 0 atom stereocenters. The zero-order chi connectivity index (χ0) is 9.97. The molecule has 0 unspecified atom stereocenters. The van der Waals surface area contributed by atoms with Gasteiger partial charge in [-0.3, -0.25) is 4.98 Å². The smallest absolute Gasteiger partial charge is 0.125 e. The average molecular weight is 269 g/mol. The van der Waals surface area contributed by atoms with Crippen molar-refractivity contribution in [2.45, 2.75) is 0 Å². The van der Waals surface area contributed by atoms with Crippen LogP contribution in [0.4, 0.5) is 0 Å². The Morgan fingerprint density at radius 3 is 2.93 bits per heavy atom. The molecule has 14 heavy (non-hydrogen) atoms. The third-order valence-corrected chi connectivity index (χ3v) is 2.39. The van der Waals surface area contributed by atoms with Crippen molar-refractivity contribution in [1.82, 2.24) is 9.97 Å². The van der Waals surface area contributed by atoms with Crippen LogP contribution in [0.2, 0.25) is 5.02 Å². The van der Waals surface area contributed by atoms with Gasteiger partial charge in [0.2, 0.25) is 0 Å². The number of nitrogens with zero attached hydrogens (tertiary/aromatic N) is 2. The highest BCUT2D eigenvalue weighted by Crippen LogP contribution is 2.25. The number of rotatable bonds is 1. The van der Waals surface area contributed by atoms with Crippen LogP contribution in [0.5, 0.6) is 0 Å². The fourth-order valence-electron chi connectivity index (χ4n) is 1.09. The highest BCUT2D eigenvalue weighted by Gasteiger charge is 2.04. The zero-order valence-corrected chi connectivity index (χ0v) is 9.38. The minimum absolute atomic E-state index is 0.625. The van der Waals surface area contributed by atoms with E-state index in [1.807, 2.05) is 6.07 Å². The highest BCUT2D eigenvalue weighted by atomic mass is 79.9. The predicted molar refractivity (Wildman–Crippen MR) is 59.0 cm³/mol. The Balaban J connectivity index is 2.55. The minimum atomic E-state index is 0.625. The summed E-state index contributed by atoms with van der Waals surface area (Å²) in [7, 11) is 0. The van der Waals surface area contributed by atoms with E-state index in [0.717, 1.165) is 11.3 Å². The number of halogens is 2. The van der Waals surface area contributed by atoms with E-state index in [9.17, 15) is 0 Å². The molecular weight excluding hydrogens is 263 g/mol. The maximum Gasteiger partial charge on any atom is 0.125 e. The summed E-state index contributed by atoms with van der Waals surface area (Å²) in [6, 6.07) is 8.26. The molecule has 1 heterocycles. The van der Waals surface area contributed by atoms with Crippen LogP contribution in [0.3, 0.4) is 0 Å². The molecular formula is C10H5BrClN2. The first-order chi connectivity index (χ1) is 6.77. The van der Waals surface area contributed by atoms with E-state index >= 15 is 0 Å². The molecule has 0 N–H and O–H groups in total. The Labute approximate surface area is 95.1 Å². The zero-order valence-electron chi connectivity index (χ0n) is 7.04. The van der Waals surface area contributed by atoms with E-state index in [2.05, 4.69) is 32.0 Å². The second kappa shape index (κ2) is 4.07. The number of benzene rings is 1. The van der Waals surface area contributed by atoms with Gasteiger partial charge in [-0.05, 0) is 28.1 Å². The Kier molecular flexibility index (Phi) is 2.79. The van der Waals surface area contributed by atoms with Crippen molar-refractivity contribution in [2.75, 3.05) is 0 Å². The SMILES string of the molecule is Clc1c[c]ccc1-c1cncc(Br)n1. The van der Waals surface area contributed by atoms with Gasteiger partial charge >= 0.3 is 0 Å². The molecule has 0 amide bonds. The number of hydrogen-bond acceptors (Lipinski definition) is 2. The van der Waals surface area contributed by atoms with Crippen LogP contribution in [-0.2, 0) is 0 Å². The lowest BCUT2D eigenvalue weighted by Crippen LogP contribution is -1.86. The molecule has 4 heteroatoms. The van der Waals surface area contributed by atoms with Crippen LogP contribution >= 0.6 is 27.5 Å². The lowest BCUT2D eigenvalue weighted by molar-refractivity contribution is 1.17. The maximum absolute atomic E-state index is 6.00. The van der Waals surface area contributed by atoms with Crippen molar-refractivity contribution < 1.29 is 0 Å². The third-order valence-electron chi connectivity index (χ3n) is 1.69. The van der Waals surface area contributed by atoms with Crippen molar-refractivity contribution in [1.29, 1.82) is 0 Å². The molecule has 0 saturated carbocycles. The van der Waals surface area contributed by atoms with E-state index < -0.39 is 0 Å². The van der Waals surface area contributed by atoms with Gasteiger partial charge in [-0.15, -0.1) is 0 Å². The van der Waals surface area contributed by atoms with Crippen LogP contribution in [0, 0.1) is 6.07 Å². The van der Waals surface area contributed by atoms with Crippen LogP contribution in [-0.4, -0.2) is 9.97 Å². The van der Waals surface area contributed by atoms with Gasteiger partial charge in [0, 0.05) is 5.56 Å². The fourth-order valence-corrected chi connectivity index (χ4v) is 1.62. The van der Waals surface area contributed by atoms with Crippen molar-refractivity contribution in [2.24, 2.45) is 0 Å². The Morgan fingerprint density at radius 1 is 1.36 bits per heavy atom. The van der Waals surface area contributed by atoms with E-state index in [-0.39, 0.29) is 0 Å². The van der Waals surface area contributed by atoms with Crippen molar-refractivity contribution >= 4 is 27.5 Å². The summed E-state index contributed by atoms with van der Waals surface area (Å²) in [6.45, 7) is 0. The summed E-state index contributed by atoms with van der Waals surface area (Å²) in [5.74, 6) is 0. The van der Waals surface area contributed by atoms with Gasteiger partial charge in [0.05, 0.1) is 23.1 Å². The summed E-state index contributed by atoms with van der Waals surface area (Å²) in [6.07, 6.45) is 3.30. The average Bonchev–Trinajstić information content (AvgIpc) is 2.18. The standard InChI is InChI=1S/C10H5BrClN2/c11-10-6-13-5-9(14-10)7-3-1-2-4-8(7)12/h1,3-6H. The molecule has 0 saturated heterocycles. The van der Waals surface area contributed by atoms with Crippen LogP contribution in [0.25, 0.3) is 11.3 Å². The first-order valence-corrected chi connectivity index (χ1v) is 5.08. The quantitative estimate of drug-likeness (QED) is 0.792. The Hall–Kier alpha value is -0.930. The molecule has 0 aliphatic carbocycles. The van der Waals surface area contributed by atoms with Crippen molar-refractivity contribution in [3.63, 3.8) is 0 Å². The topological polar surface area (TPSA) is 25.8 Å². The van der Waals surface area contributed by atoms with E-state index in [1.54, 1.807) is 24.5 Å². The van der Waals surface area contributed by atoms with Gasteiger partial charge in [0.15, 0.2) is 0 Å². The molecule has 1 radical (unpaired) electrons. The molecule has 0 bridgehead atoms. The Bertz CT molecular complexity index is 459. The van der Waals surface area contributed by atoms with Crippen LogP contribution < -0.4 is 0 Å². The summed E-state index contributed by atoms with van der Waals surface area (Å²) in [5.41, 5.74) is 1.61. The Morgan fingerprint density at radius 2 is 2.21 bits per heavy atom. The van der Waals surface area contributed by atoms with Gasteiger partial charge in [-0.25, -0.2) is 4.98 Å². The summed E-state index contributed by atoms with van der Waals surface area (Å²) in [4.78, 5) is 8.28. The fraction of sp³-hybridized carbons (Fsp3) is 0. The summed E-state index contributed by atoms with van der Waals surface area (Å²) in [5, 5.41) is 0.625. The molecule has 0 aliphatic heterocycles. The normalized spacial score (nSPS) is 10.1. The molecule has 0 fully saturated rings. The summed E-state index contributed by atoms with van der Waals surface area (Å²) < 4.78 is 0.693. The van der Waals surface area contributed by atoms with E-state index in [0.29, 0.717) is 9.63 Å². The minimum Gasteiger partial charge on any atom is -0.260 e. The van der Waals surface area contributed by atoms with Gasteiger partial charge in [-0.2, -0.15) is 0 Å². The lowest BCUT2D eigenvalue weighted by Gasteiger charge is -2.02. The van der Waals surface area contributed by atoms with Crippen molar-refractivity contribution in [3.8, 4) is 11.3 Å². The number of hydrogen-bond donors (Lipinski definition) is 0. The molecule has 1 aromatic carbocycles. The molecule has 1 aromatic heterocycles. The first kappa shape index (κ1) is 9.62. The van der Waals surface area contributed by atoms with Gasteiger partial charge in [0.1, 0.15) is 4.60 Å². The van der Waals surface area contributed by atoms with Gasteiger partial charge < -0.3 is 0 Å².